The molecule has 2 unspecified atom stereocenters. The lowest BCUT2D eigenvalue weighted by molar-refractivity contribution is -0.0963. The predicted octanol–water partition coefficient (Wildman–Crippen LogP) is 2.76. The van der Waals surface area contributed by atoms with Crippen LogP contribution in [-0.2, 0) is 4.74 Å². The molecule has 0 spiro atoms. The molecule has 1 N–H and O–H groups in total. The topological polar surface area (TPSA) is 42.6 Å². The van der Waals surface area contributed by atoms with E-state index < -0.39 is 6.10 Å². The SMILES string of the molecule is CCOC(C(O)c1ccco1)C(C)(C)C. The fraction of sp³-hybridized carbons (Fsp3) is 0.667. The Morgan fingerprint density at radius 2 is 2.13 bits per heavy atom. The van der Waals surface area contributed by atoms with Crippen LogP contribution in [0.2, 0.25) is 0 Å². The van der Waals surface area contributed by atoms with Crippen LogP contribution in [0.1, 0.15) is 39.6 Å². The van der Waals surface area contributed by atoms with Gasteiger partial charge < -0.3 is 14.3 Å². The lowest BCUT2D eigenvalue weighted by atomic mass is 9.85. The fourth-order valence-corrected chi connectivity index (χ4v) is 1.60. The second-order valence-electron chi connectivity index (χ2n) is 4.70. The van der Waals surface area contributed by atoms with Gasteiger partial charge in [-0.05, 0) is 24.5 Å². The Kier molecular flexibility index (Phi) is 3.94. The first kappa shape index (κ1) is 12.3. The van der Waals surface area contributed by atoms with Crippen LogP contribution in [0.15, 0.2) is 22.8 Å². The minimum Gasteiger partial charge on any atom is -0.466 e. The van der Waals surface area contributed by atoms with E-state index in [0.717, 1.165) is 0 Å². The third kappa shape index (κ3) is 3.08. The zero-order valence-electron chi connectivity index (χ0n) is 9.86. The van der Waals surface area contributed by atoms with Gasteiger partial charge in [-0.1, -0.05) is 20.8 Å². The monoisotopic (exact) mass is 212 g/mol. The van der Waals surface area contributed by atoms with Gasteiger partial charge in [0.1, 0.15) is 11.9 Å². The summed E-state index contributed by atoms with van der Waals surface area (Å²) >= 11 is 0. The summed E-state index contributed by atoms with van der Waals surface area (Å²) in [5.74, 6) is 0.559. The molecule has 1 rings (SSSR count). The van der Waals surface area contributed by atoms with E-state index >= 15 is 0 Å². The van der Waals surface area contributed by atoms with E-state index in [1.54, 1.807) is 18.4 Å². The molecule has 15 heavy (non-hydrogen) atoms. The van der Waals surface area contributed by atoms with Crippen LogP contribution in [-0.4, -0.2) is 17.8 Å². The number of hydrogen-bond acceptors (Lipinski definition) is 3. The maximum absolute atomic E-state index is 10.1. The standard InChI is InChI=1S/C12H20O3/c1-5-14-11(12(2,3)4)10(13)9-7-6-8-15-9/h6-8,10-11,13H,5H2,1-4H3. The molecule has 0 aliphatic rings. The van der Waals surface area contributed by atoms with Crippen molar-refractivity contribution in [2.24, 2.45) is 5.41 Å². The van der Waals surface area contributed by atoms with Crippen molar-refractivity contribution in [3.63, 3.8) is 0 Å². The molecule has 86 valence electrons. The first-order chi connectivity index (χ1) is 6.96. The number of aliphatic hydroxyl groups excluding tert-OH is 1. The van der Waals surface area contributed by atoms with Crippen molar-refractivity contribution < 1.29 is 14.3 Å². The van der Waals surface area contributed by atoms with Crippen molar-refractivity contribution in [1.29, 1.82) is 0 Å². The Labute approximate surface area is 91.1 Å². The molecule has 0 bridgehead atoms. The second kappa shape index (κ2) is 4.81. The summed E-state index contributed by atoms with van der Waals surface area (Å²) in [5, 5.41) is 10.1. The van der Waals surface area contributed by atoms with Crippen LogP contribution in [0.25, 0.3) is 0 Å². The van der Waals surface area contributed by atoms with E-state index in [1.165, 1.54) is 0 Å². The highest BCUT2D eigenvalue weighted by Gasteiger charge is 2.34. The summed E-state index contributed by atoms with van der Waals surface area (Å²) in [4.78, 5) is 0. The van der Waals surface area contributed by atoms with Gasteiger partial charge in [0, 0.05) is 6.61 Å². The Hall–Kier alpha value is -0.800. The normalized spacial score (nSPS) is 16.3. The smallest absolute Gasteiger partial charge is 0.138 e. The quantitative estimate of drug-likeness (QED) is 0.834. The van der Waals surface area contributed by atoms with Gasteiger partial charge in [-0.15, -0.1) is 0 Å². The second-order valence-corrected chi connectivity index (χ2v) is 4.70. The van der Waals surface area contributed by atoms with E-state index in [1.807, 2.05) is 27.7 Å². The molecule has 0 radical (unpaired) electrons. The van der Waals surface area contributed by atoms with Crippen LogP contribution < -0.4 is 0 Å². The van der Waals surface area contributed by atoms with Crippen LogP contribution in [0.4, 0.5) is 0 Å². The van der Waals surface area contributed by atoms with Gasteiger partial charge in [-0.3, -0.25) is 0 Å². The molecule has 0 aromatic carbocycles. The van der Waals surface area contributed by atoms with Gasteiger partial charge >= 0.3 is 0 Å². The van der Waals surface area contributed by atoms with Crippen LogP contribution >= 0.6 is 0 Å². The van der Waals surface area contributed by atoms with Crippen LogP contribution in [0.3, 0.4) is 0 Å². The van der Waals surface area contributed by atoms with Crippen molar-refractivity contribution >= 4 is 0 Å². The summed E-state index contributed by atoms with van der Waals surface area (Å²) in [6.07, 6.45) is 0.595. The summed E-state index contributed by atoms with van der Waals surface area (Å²) in [5.41, 5.74) is -0.123. The van der Waals surface area contributed by atoms with E-state index in [0.29, 0.717) is 12.4 Å². The third-order valence-corrected chi connectivity index (χ3v) is 2.32. The van der Waals surface area contributed by atoms with E-state index in [2.05, 4.69) is 0 Å². The molecule has 1 aromatic heterocycles. The predicted molar refractivity (Wildman–Crippen MR) is 58.5 cm³/mol. The summed E-state index contributed by atoms with van der Waals surface area (Å²) < 4.78 is 10.8. The summed E-state index contributed by atoms with van der Waals surface area (Å²) in [6.45, 7) is 8.63. The molecule has 0 fully saturated rings. The largest absolute Gasteiger partial charge is 0.466 e. The number of aliphatic hydroxyl groups is 1. The molecular formula is C12H20O3. The van der Waals surface area contributed by atoms with Gasteiger partial charge in [0.15, 0.2) is 0 Å². The lowest BCUT2D eigenvalue weighted by Gasteiger charge is -2.33. The van der Waals surface area contributed by atoms with E-state index in [4.69, 9.17) is 9.15 Å². The van der Waals surface area contributed by atoms with Gasteiger partial charge in [0.2, 0.25) is 0 Å². The van der Waals surface area contributed by atoms with Gasteiger partial charge in [-0.2, -0.15) is 0 Å². The Bertz CT molecular complexity index is 272. The average Bonchev–Trinajstić information content (AvgIpc) is 2.63. The molecule has 3 nitrogen and oxygen atoms in total. The van der Waals surface area contributed by atoms with Crippen LogP contribution in [0, 0.1) is 5.41 Å². The molecular weight excluding hydrogens is 192 g/mol. The summed E-state index contributed by atoms with van der Waals surface area (Å²) in [7, 11) is 0. The van der Waals surface area contributed by atoms with Crippen molar-refractivity contribution in [3.05, 3.63) is 24.2 Å². The van der Waals surface area contributed by atoms with Crippen molar-refractivity contribution in [2.45, 2.75) is 39.9 Å². The first-order valence-electron chi connectivity index (χ1n) is 5.30. The number of furan rings is 1. The van der Waals surface area contributed by atoms with Gasteiger partial charge in [0.25, 0.3) is 0 Å². The molecule has 0 saturated heterocycles. The minimum atomic E-state index is -0.708. The van der Waals surface area contributed by atoms with Gasteiger partial charge in [-0.25, -0.2) is 0 Å². The highest BCUT2D eigenvalue weighted by Crippen LogP contribution is 2.32. The number of rotatable bonds is 4. The maximum Gasteiger partial charge on any atom is 0.138 e. The highest BCUT2D eigenvalue weighted by molar-refractivity contribution is 5.05. The fourth-order valence-electron chi connectivity index (χ4n) is 1.60. The zero-order chi connectivity index (χ0) is 11.5. The maximum atomic E-state index is 10.1. The molecule has 1 aromatic rings. The Morgan fingerprint density at radius 1 is 1.47 bits per heavy atom. The molecule has 0 aliphatic carbocycles. The van der Waals surface area contributed by atoms with Crippen molar-refractivity contribution in [1.82, 2.24) is 0 Å². The summed E-state index contributed by atoms with van der Waals surface area (Å²) in [6, 6.07) is 3.53. The highest BCUT2D eigenvalue weighted by atomic mass is 16.5. The molecule has 2 atom stereocenters. The van der Waals surface area contributed by atoms with Crippen LogP contribution in [0.5, 0.6) is 0 Å². The first-order valence-corrected chi connectivity index (χ1v) is 5.30. The Morgan fingerprint density at radius 3 is 2.53 bits per heavy atom. The van der Waals surface area contributed by atoms with Crippen molar-refractivity contribution in [3.8, 4) is 0 Å². The number of hydrogen-bond donors (Lipinski definition) is 1. The molecule has 0 saturated carbocycles. The number of ether oxygens (including phenoxy) is 1. The molecule has 0 aliphatic heterocycles. The minimum absolute atomic E-state index is 0.123. The molecule has 1 heterocycles. The van der Waals surface area contributed by atoms with Crippen molar-refractivity contribution in [2.75, 3.05) is 6.61 Å². The lowest BCUT2D eigenvalue weighted by Crippen LogP contribution is -2.35. The van der Waals surface area contributed by atoms with Gasteiger partial charge in [0.05, 0.1) is 12.4 Å². The third-order valence-electron chi connectivity index (χ3n) is 2.32. The van der Waals surface area contributed by atoms with E-state index in [-0.39, 0.29) is 11.5 Å². The average molecular weight is 212 g/mol. The zero-order valence-corrected chi connectivity index (χ0v) is 9.86. The van der Waals surface area contributed by atoms with E-state index in [9.17, 15) is 5.11 Å². The molecule has 3 heteroatoms. The molecule has 0 amide bonds. The Balaban J connectivity index is 2.81.